The maximum Gasteiger partial charge on any atom is 0.254 e. The number of rotatable bonds is 1. The maximum atomic E-state index is 12.8. The number of benzene rings is 1. The second-order valence-corrected chi connectivity index (χ2v) is 8.00. The molecule has 5 nitrogen and oxygen atoms in total. The van der Waals surface area contributed by atoms with Gasteiger partial charge in [0, 0.05) is 29.3 Å². The van der Waals surface area contributed by atoms with Crippen molar-refractivity contribution in [1.82, 2.24) is 19.9 Å². The highest BCUT2D eigenvalue weighted by molar-refractivity contribution is 7.16. The van der Waals surface area contributed by atoms with Crippen LogP contribution in [0.5, 0.6) is 0 Å². The van der Waals surface area contributed by atoms with E-state index >= 15 is 0 Å². The number of hydrogen-bond donors (Lipinski definition) is 0. The van der Waals surface area contributed by atoms with Crippen LogP contribution in [0, 0.1) is 0 Å². The highest BCUT2D eigenvalue weighted by Gasteiger charge is 2.28. The van der Waals surface area contributed by atoms with Crippen LogP contribution >= 0.6 is 11.3 Å². The van der Waals surface area contributed by atoms with Gasteiger partial charge in [0.05, 0.1) is 28.0 Å². The monoisotopic (exact) mass is 338 g/mol. The molecule has 4 rings (SSSR count). The zero-order valence-corrected chi connectivity index (χ0v) is 14.7. The summed E-state index contributed by atoms with van der Waals surface area (Å²) in [6.45, 7) is 7.39. The largest absolute Gasteiger partial charge is 0.328 e. The molecule has 0 N–H and O–H groups in total. The van der Waals surface area contributed by atoms with Crippen LogP contribution in [0.25, 0.3) is 10.2 Å². The van der Waals surface area contributed by atoms with Gasteiger partial charge in [0.15, 0.2) is 0 Å². The van der Waals surface area contributed by atoms with Crippen LogP contribution in [-0.4, -0.2) is 25.8 Å². The van der Waals surface area contributed by atoms with E-state index in [0.717, 1.165) is 27.3 Å². The first-order valence-electron chi connectivity index (χ1n) is 7.89. The zero-order valence-electron chi connectivity index (χ0n) is 13.9. The third-order valence-corrected chi connectivity index (χ3v) is 4.98. The molecule has 122 valence electrons. The van der Waals surface area contributed by atoms with Gasteiger partial charge in [0.25, 0.3) is 5.91 Å². The third kappa shape index (κ3) is 2.57. The van der Waals surface area contributed by atoms with Crippen LogP contribution in [0.3, 0.4) is 0 Å². The minimum absolute atomic E-state index is 0.0283. The lowest BCUT2D eigenvalue weighted by Crippen LogP contribution is -2.25. The molecule has 1 aliphatic rings. The number of fused-ring (bicyclic) bond motifs is 2. The molecule has 1 amide bonds. The smallest absolute Gasteiger partial charge is 0.254 e. The molecule has 3 heterocycles. The second kappa shape index (κ2) is 5.34. The molecule has 6 heteroatoms. The molecule has 2 aromatic heterocycles. The van der Waals surface area contributed by atoms with Crippen LogP contribution in [-0.2, 0) is 18.5 Å². The van der Waals surface area contributed by atoms with Crippen LogP contribution in [0.2, 0.25) is 0 Å². The minimum atomic E-state index is -0.0936. The summed E-state index contributed by atoms with van der Waals surface area (Å²) in [5.74, 6) is 0.849. The summed E-state index contributed by atoms with van der Waals surface area (Å²) in [4.78, 5) is 28.1. The number of carbonyl (C=O) groups excluding carboxylic acids is 1. The summed E-state index contributed by atoms with van der Waals surface area (Å²) >= 11 is 1.55. The number of amides is 1. The molecule has 0 saturated carbocycles. The lowest BCUT2D eigenvalue weighted by atomic mass is 9.95. The number of aromatic nitrogens is 3. The van der Waals surface area contributed by atoms with Crippen LogP contribution in [0.4, 0.5) is 0 Å². The first kappa shape index (κ1) is 15.2. The van der Waals surface area contributed by atoms with Crippen molar-refractivity contribution in [3.05, 3.63) is 52.6 Å². The average molecular weight is 338 g/mol. The van der Waals surface area contributed by atoms with E-state index in [2.05, 4.69) is 35.7 Å². The fraction of sp³-hybridized carbons (Fsp3) is 0.333. The van der Waals surface area contributed by atoms with E-state index < -0.39 is 0 Å². The Bertz CT molecular complexity index is 942. The van der Waals surface area contributed by atoms with Crippen LogP contribution in [0.15, 0.2) is 29.9 Å². The number of carbonyl (C=O) groups is 1. The standard InChI is InChI=1S/C18H18N4OS/c1-18(2,3)17-19-7-12-8-22(9-14(12)21-17)16(23)11-4-5-13-15(6-11)24-10-20-13/h4-7,10H,8-9H2,1-3H3. The molecule has 0 bridgehead atoms. The fourth-order valence-corrected chi connectivity index (χ4v) is 3.55. The van der Waals surface area contributed by atoms with Crippen molar-refractivity contribution < 1.29 is 4.79 Å². The summed E-state index contributed by atoms with van der Waals surface area (Å²) in [5.41, 5.74) is 5.33. The Morgan fingerprint density at radius 3 is 2.83 bits per heavy atom. The molecule has 0 unspecified atom stereocenters. The van der Waals surface area contributed by atoms with Gasteiger partial charge in [-0.25, -0.2) is 15.0 Å². The first-order chi connectivity index (χ1) is 11.4. The third-order valence-electron chi connectivity index (χ3n) is 4.19. The summed E-state index contributed by atoms with van der Waals surface area (Å²) in [5, 5.41) is 0. The van der Waals surface area contributed by atoms with Crippen molar-refractivity contribution in [3.63, 3.8) is 0 Å². The Labute approximate surface area is 144 Å². The number of thiazole rings is 1. The SMILES string of the molecule is CC(C)(C)c1ncc2c(n1)CN(C(=O)c1ccc3ncsc3c1)C2. The van der Waals surface area contributed by atoms with Gasteiger partial charge in [-0.15, -0.1) is 11.3 Å². The molecule has 0 atom stereocenters. The Morgan fingerprint density at radius 1 is 1.21 bits per heavy atom. The normalized spacial score (nSPS) is 14.2. The van der Waals surface area contributed by atoms with E-state index in [4.69, 9.17) is 0 Å². The molecule has 1 aliphatic heterocycles. The molecule has 0 fully saturated rings. The predicted octanol–water partition coefficient (Wildman–Crippen LogP) is 3.54. The summed E-state index contributed by atoms with van der Waals surface area (Å²) in [7, 11) is 0. The fourth-order valence-electron chi connectivity index (χ4n) is 2.83. The molecule has 0 saturated heterocycles. The summed E-state index contributed by atoms with van der Waals surface area (Å²) in [6.07, 6.45) is 1.86. The van der Waals surface area contributed by atoms with E-state index in [1.165, 1.54) is 0 Å². The summed E-state index contributed by atoms with van der Waals surface area (Å²) in [6, 6.07) is 5.67. The molecule has 0 aliphatic carbocycles. The lowest BCUT2D eigenvalue weighted by Gasteiger charge is -2.16. The molecular weight excluding hydrogens is 320 g/mol. The number of nitrogens with zero attached hydrogens (tertiary/aromatic N) is 4. The van der Waals surface area contributed by atoms with E-state index in [1.54, 1.807) is 16.8 Å². The van der Waals surface area contributed by atoms with Crippen molar-refractivity contribution in [3.8, 4) is 0 Å². The molecule has 0 spiro atoms. The molecule has 0 radical (unpaired) electrons. The summed E-state index contributed by atoms with van der Waals surface area (Å²) < 4.78 is 1.03. The Balaban J connectivity index is 1.60. The van der Waals surface area contributed by atoms with Crippen LogP contribution < -0.4 is 0 Å². The Morgan fingerprint density at radius 2 is 2.04 bits per heavy atom. The van der Waals surface area contributed by atoms with Gasteiger partial charge in [-0.1, -0.05) is 20.8 Å². The van der Waals surface area contributed by atoms with E-state index in [9.17, 15) is 4.79 Å². The topological polar surface area (TPSA) is 59.0 Å². The molecule has 3 aromatic rings. The predicted molar refractivity (Wildman–Crippen MR) is 93.9 cm³/mol. The van der Waals surface area contributed by atoms with E-state index in [1.807, 2.05) is 29.3 Å². The zero-order chi connectivity index (χ0) is 16.9. The Hall–Kier alpha value is -2.34. The van der Waals surface area contributed by atoms with Crippen LogP contribution in [0.1, 0.15) is 48.2 Å². The quantitative estimate of drug-likeness (QED) is 0.681. The van der Waals surface area contributed by atoms with Gasteiger partial charge in [-0.05, 0) is 18.2 Å². The van der Waals surface area contributed by atoms with Crippen molar-refractivity contribution >= 4 is 27.5 Å². The highest BCUT2D eigenvalue weighted by atomic mass is 32.1. The second-order valence-electron chi connectivity index (χ2n) is 7.11. The molecule has 1 aromatic carbocycles. The van der Waals surface area contributed by atoms with Gasteiger partial charge in [0.2, 0.25) is 0 Å². The molecular formula is C18H18N4OS. The molecule has 24 heavy (non-hydrogen) atoms. The van der Waals surface area contributed by atoms with Crippen molar-refractivity contribution in [2.75, 3.05) is 0 Å². The van der Waals surface area contributed by atoms with Crippen molar-refractivity contribution in [2.45, 2.75) is 39.3 Å². The maximum absolute atomic E-state index is 12.8. The lowest BCUT2D eigenvalue weighted by molar-refractivity contribution is 0.0750. The van der Waals surface area contributed by atoms with Gasteiger partial charge in [-0.2, -0.15) is 0 Å². The Kier molecular flexibility index (Phi) is 3.38. The van der Waals surface area contributed by atoms with E-state index in [-0.39, 0.29) is 11.3 Å². The average Bonchev–Trinajstić information content (AvgIpc) is 3.18. The van der Waals surface area contributed by atoms with E-state index in [0.29, 0.717) is 18.7 Å². The van der Waals surface area contributed by atoms with Crippen molar-refractivity contribution in [2.24, 2.45) is 0 Å². The van der Waals surface area contributed by atoms with Gasteiger partial charge in [0.1, 0.15) is 5.82 Å². The van der Waals surface area contributed by atoms with Gasteiger partial charge >= 0.3 is 0 Å². The highest BCUT2D eigenvalue weighted by Crippen LogP contribution is 2.27. The first-order valence-corrected chi connectivity index (χ1v) is 8.77. The van der Waals surface area contributed by atoms with Crippen molar-refractivity contribution in [1.29, 1.82) is 0 Å². The van der Waals surface area contributed by atoms with Gasteiger partial charge < -0.3 is 4.90 Å². The number of hydrogen-bond acceptors (Lipinski definition) is 5. The van der Waals surface area contributed by atoms with Gasteiger partial charge in [-0.3, -0.25) is 4.79 Å². The minimum Gasteiger partial charge on any atom is -0.328 e.